The van der Waals surface area contributed by atoms with Gasteiger partial charge in [-0.05, 0) is 41.6 Å². The maximum absolute atomic E-state index is 12.7. The lowest BCUT2D eigenvalue weighted by Crippen LogP contribution is -2.39. The number of halogens is 3. The van der Waals surface area contributed by atoms with Gasteiger partial charge in [0.05, 0.1) is 18.8 Å². The van der Waals surface area contributed by atoms with Crippen LogP contribution < -0.4 is 10.6 Å². The number of aryl methyl sites for hydroxylation is 1. The topological polar surface area (TPSA) is 71.2 Å². The molecule has 6 nitrogen and oxygen atoms in total. The Labute approximate surface area is 177 Å². The third-order valence-corrected chi connectivity index (χ3v) is 6.64. The average molecular weight is 454 g/mol. The summed E-state index contributed by atoms with van der Waals surface area (Å²) in [5.41, 5.74) is 1.17. The van der Waals surface area contributed by atoms with E-state index in [0.29, 0.717) is 28.6 Å². The summed E-state index contributed by atoms with van der Waals surface area (Å²) in [6.45, 7) is 2.63. The van der Waals surface area contributed by atoms with E-state index < -0.39 is 22.8 Å². The number of thiophene rings is 2. The van der Waals surface area contributed by atoms with Crippen molar-refractivity contribution >= 4 is 34.1 Å². The summed E-state index contributed by atoms with van der Waals surface area (Å²) >= 11 is 2.18. The van der Waals surface area contributed by atoms with Gasteiger partial charge in [-0.15, -0.1) is 22.7 Å². The van der Waals surface area contributed by atoms with E-state index in [1.54, 1.807) is 16.2 Å². The first-order chi connectivity index (χ1) is 14.2. The zero-order chi connectivity index (χ0) is 21.5. The summed E-state index contributed by atoms with van der Waals surface area (Å²) in [6.07, 6.45) is -1.86. The molecule has 30 heavy (non-hydrogen) atoms. The van der Waals surface area contributed by atoms with Crippen molar-refractivity contribution in [1.29, 1.82) is 0 Å². The molecule has 0 unspecified atom stereocenters. The molecule has 11 heteroatoms. The smallest absolute Gasteiger partial charge is 0.387 e. The van der Waals surface area contributed by atoms with Gasteiger partial charge in [0.25, 0.3) is 0 Å². The van der Waals surface area contributed by atoms with Crippen molar-refractivity contribution < 1.29 is 18.3 Å². The molecule has 1 aliphatic rings. The molecule has 4 heterocycles. The highest BCUT2D eigenvalue weighted by molar-refractivity contribution is 7.12. The number of aromatic nitrogens is 3. The van der Waals surface area contributed by atoms with E-state index in [9.17, 15) is 23.1 Å². The predicted octanol–water partition coefficient (Wildman–Crippen LogP) is 3.40. The highest BCUT2D eigenvalue weighted by Gasteiger charge is 2.32. The van der Waals surface area contributed by atoms with Crippen molar-refractivity contribution in [3.8, 4) is 0 Å². The van der Waals surface area contributed by atoms with Gasteiger partial charge in [-0.2, -0.15) is 23.3 Å². The van der Waals surface area contributed by atoms with Crippen molar-refractivity contribution in [1.82, 2.24) is 14.8 Å². The predicted molar refractivity (Wildman–Crippen MR) is 110 cm³/mol. The second-order valence-corrected chi connectivity index (χ2v) is 9.13. The van der Waals surface area contributed by atoms with Gasteiger partial charge in [-0.25, -0.2) is 9.48 Å². The van der Waals surface area contributed by atoms with Crippen LogP contribution in [0.4, 0.5) is 19.0 Å². The minimum Gasteiger partial charge on any atom is -0.387 e. The fourth-order valence-electron chi connectivity index (χ4n) is 3.20. The maximum atomic E-state index is 12.7. The lowest BCUT2D eigenvalue weighted by molar-refractivity contribution is -0.134. The Balaban J connectivity index is 1.49. The Hall–Kier alpha value is -2.50. The third kappa shape index (κ3) is 4.32. The fraction of sp³-hybridized carbons (Fsp3) is 0.316. The van der Waals surface area contributed by atoms with Crippen molar-refractivity contribution in [3.05, 3.63) is 66.5 Å². The largest absolute Gasteiger partial charge is 0.425 e. The number of aliphatic hydroxyl groups is 1. The number of anilines is 1. The molecule has 0 fully saturated rings. The van der Waals surface area contributed by atoms with E-state index in [4.69, 9.17) is 0 Å². The summed E-state index contributed by atoms with van der Waals surface area (Å²) in [6, 6.07) is 4.33. The molecule has 0 amide bonds. The van der Waals surface area contributed by atoms with Crippen molar-refractivity contribution in [2.75, 3.05) is 18.0 Å². The van der Waals surface area contributed by atoms with Crippen LogP contribution in [0.15, 0.2) is 40.6 Å². The number of rotatable bonds is 4. The molecular formula is C19H17F3N4O2S2. The molecule has 1 aliphatic heterocycles. The number of nitrogens with zero attached hydrogens (tertiary/aromatic N) is 4. The van der Waals surface area contributed by atoms with Gasteiger partial charge in [0.2, 0.25) is 0 Å². The quantitative estimate of drug-likeness (QED) is 0.654. The highest BCUT2D eigenvalue weighted by atomic mass is 32.1. The second kappa shape index (κ2) is 7.97. The van der Waals surface area contributed by atoms with Gasteiger partial charge in [0.1, 0.15) is 4.88 Å². The molecule has 0 spiro atoms. The number of hydrogen-bond acceptors (Lipinski definition) is 7. The molecule has 0 saturated heterocycles. The van der Waals surface area contributed by atoms with Crippen LogP contribution in [0, 0.1) is 6.92 Å². The summed E-state index contributed by atoms with van der Waals surface area (Å²) in [5, 5.41) is 16.6. The Morgan fingerprint density at radius 3 is 2.73 bits per heavy atom. The molecule has 3 aromatic heterocycles. The maximum Gasteiger partial charge on any atom is 0.425 e. The van der Waals surface area contributed by atoms with E-state index in [1.165, 1.54) is 12.3 Å². The van der Waals surface area contributed by atoms with Crippen LogP contribution >= 0.6 is 22.7 Å². The van der Waals surface area contributed by atoms with E-state index in [1.807, 2.05) is 24.4 Å². The van der Waals surface area contributed by atoms with Crippen molar-refractivity contribution in [2.24, 2.45) is 0 Å². The Kier molecular flexibility index (Phi) is 5.51. The van der Waals surface area contributed by atoms with Crippen LogP contribution in [-0.2, 0) is 12.7 Å². The van der Waals surface area contributed by atoms with Crippen molar-refractivity contribution in [3.63, 3.8) is 0 Å². The van der Waals surface area contributed by atoms with Crippen LogP contribution in [0.1, 0.15) is 20.2 Å². The van der Waals surface area contributed by atoms with Gasteiger partial charge < -0.3 is 10.0 Å². The van der Waals surface area contributed by atoms with Crippen LogP contribution in [0.25, 0.3) is 5.57 Å². The SMILES string of the molecule is Cc1cc(C2=CCN(c3cnn(Cc4ccc(C(F)(F)F)s4)c(=O)n3)C[C@@H]2O)cs1. The van der Waals surface area contributed by atoms with E-state index in [-0.39, 0.29) is 13.1 Å². The van der Waals surface area contributed by atoms with E-state index >= 15 is 0 Å². The molecule has 1 N–H and O–H groups in total. The molecular weight excluding hydrogens is 437 g/mol. The van der Waals surface area contributed by atoms with Gasteiger partial charge in [0.15, 0.2) is 5.82 Å². The minimum atomic E-state index is -4.41. The molecule has 0 aliphatic carbocycles. The molecule has 158 valence electrons. The summed E-state index contributed by atoms with van der Waals surface area (Å²) < 4.78 is 39.2. The van der Waals surface area contributed by atoms with Gasteiger partial charge in [-0.1, -0.05) is 6.08 Å². The number of alkyl halides is 3. The van der Waals surface area contributed by atoms with Crippen LogP contribution in [0.5, 0.6) is 0 Å². The van der Waals surface area contributed by atoms with Gasteiger partial charge >= 0.3 is 11.9 Å². The third-order valence-electron chi connectivity index (χ3n) is 4.66. The lowest BCUT2D eigenvalue weighted by atomic mass is 9.99. The molecule has 4 rings (SSSR count). The molecule has 0 aromatic carbocycles. The molecule has 3 aromatic rings. The molecule has 1 atom stereocenters. The number of aliphatic hydroxyl groups excluding tert-OH is 1. The standard InChI is InChI=1S/C19H17F3N4O2S2/c1-11-6-12(10-29-11)14-4-5-25(9-15(14)27)17-7-23-26(18(28)24-17)8-13-2-3-16(30-13)19(20,21)22/h2-4,6-7,10,15,27H,5,8-9H2,1H3/t15-/m0/s1. The van der Waals surface area contributed by atoms with E-state index in [0.717, 1.165) is 26.8 Å². The van der Waals surface area contributed by atoms with E-state index in [2.05, 4.69) is 10.1 Å². The highest BCUT2D eigenvalue weighted by Crippen LogP contribution is 2.34. The zero-order valence-corrected chi connectivity index (χ0v) is 17.4. The van der Waals surface area contributed by atoms with Crippen LogP contribution in [-0.4, -0.2) is 39.1 Å². The molecule has 0 radical (unpaired) electrons. The molecule has 0 saturated carbocycles. The minimum absolute atomic E-state index is 0.0863. The summed E-state index contributed by atoms with van der Waals surface area (Å²) in [4.78, 5) is 18.9. The lowest BCUT2D eigenvalue weighted by Gasteiger charge is -2.30. The monoisotopic (exact) mass is 454 g/mol. The Bertz CT molecular complexity index is 1150. The summed E-state index contributed by atoms with van der Waals surface area (Å²) in [7, 11) is 0. The number of β-amino-alcohol motifs (C(OH)–C–C–N with tert-alkyl or cyclic N) is 1. The van der Waals surface area contributed by atoms with Crippen LogP contribution in [0.2, 0.25) is 0 Å². The Morgan fingerprint density at radius 1 is 1.33 bits per heavy atom. The first kappa shape index (κ1) is 20.8. The second-order valence-electron chi connectivity index (χ2n) is 6.84. The molecule has 0 bridgehead atoms. The first-order valence-electron chi connectivity index (χ1n) is 8.99. The van der Waals surface area contributed by atoms with Crippen molar-refractivity contribution in [2.45, 2.75) is 25.7 Å². The normalized spacial score (nSPS) is 17.3. The first-order valence-corrected chi connectivity index (χ1v) is 10.7. The zero-order valence-electron chi connectivity index (χ0n) is 15.8. The van der Waals surface area contributed by atoms with Gasteiger partial charge in [0, 0.05) is 22.8 Å². The van der Waals surface area contributed by atoms with Crippen LogP contribution in [0.3, 0.4) is 0 Å². The Morgan fingerprint density at radius 2 is 2.13 bits per heavy atom. The average Bonchev–Trinajstić information content (AvgIpc) is 3.32. The number of hydrogen-bond donors (Lipinski definition) is 1. The summed E-state index contributed by atoms with van der Waals surface area (Å²) in [5.74, 6) is 0.314. The fourth-order valence-corrected chi connectivity index (χ4v) is 4.77. The van der Waals surface area contributed by atoms with Gasteiger partial charge in [-0.3, -0.25) is 0 Å².